The lowest BCUT2D eigenvalue weighted by molar-refractivity contribution is -0.141. The standard InChI is InChI=1S/C14H13NO4/c16-12-4-2-8-1-3-10(6-11(8)12)15-7-9(14(18)19)5-13(15)17/h1,3,6,9H,2,4-5,7H2,(H,18,19). The van der Waals surface area contributed by atoms with Gasteiger partial charge in [-0.1, -0.05) is 6.07 Å². The molecule has 1 aromatic carbocycles. The molecule has 1 aliphatic heterocycles. The van der Waals surface area contributed by atoms with Crippen LogP contribution in [-0.4, -0.2) is 29.3 Å². The molecular weight excluding hydrogens is 246 g/mol. The maximum Gasteiger partial charge on any atom is 0.308 e. The highest BCUT2D eigenvalue weighted by Crippen LogP contribution is 2.30. The number of amides is 1. The number of rotatable bonds is 2. The molecule has 2 aliphatic rings. The minimum atomic E-state index is -0.951. The van der Waals surface area contributed by atoms with Crippen LogP contribution < -0.4 is 4.90 Å². The Labute approximate surface area is 109 Å². The molecule has 0 radical (unpaired) electrons. The Morgan fingerprint density at radius 2 is 2.05 bits per heavy atom. The van der Waals surface area contributed by atoms with Crippen LogP contribution >= 0.6 is 0 Å². The van der Waals surface area contributed by atoms with E-state index in [4.69, 9.17) is 5.11 Å². The van der Waals surface area contributed by atoms with Gasteiger partial charge in [-0.2, -0.15) is 0 Å². The summed E-state index contributed by atoms with van der Waals surface area (Å²) in [5, 5.41) is 8.96. The van der Waals surface area contributed by atoms with E-state index in [9.17, 15) is 14.4 Å². The molecule has 1 saturated heterocycles. The van der Waals surface area contributed by atoms with Gasteiger partial charge in [0.25, 0.3) is 0 Å². The molecular formula is C14H13NO4. The molecule has 5 nitrogen and oxygen atoms in total. The van der Waals surface area contributed by atoms with Gasteiger partial charge in [-0.15, -0.1) is 0 Å². The van der Waals surface area contributed by atoms with Crippen molar-refractivity contribution in [2.24, 2.45) is 5.92 Å². The van der Waals surface area contributed by atoms with Crippen molar-refractivity contribution in [1.29, 1.82) is 0 Å². The van der Waals surface area contributed by atoms with E-state index in [-0.39, 0.29) is 24.7 Å². The number of nitrogens with zero attached hydrogens (tertiary/aromatic N) is 1. The highest BCUT2D eigenvalue weighted by molar-refractivity contribution is 6.03. The van der Waals surface area contributed by atoms with E-state index in [0.29, 0.717) is 17.7 Å². The number of hydrogen-bond donors (Lipinski definition) is 1. The topological polar surface area (TPSA) is 74.7 Å². The zero-order valence-corrected chi connectivity index (χ0v) is 10.3. The van der Waals surface area contributed by atoms with Gasteiger partial charge in [0, 0.05) is 30.6 Å². The average Bonchev–Trinajstić information content (AvgIpc) is 2.93. The molecule has 0 aromatic heterocycles. The summed E-state index contributed by atoms with van der Waals surface area (Å²) in [6.45, 7) is 0.182. The van der Waals surface area contributed by atoms with Crippen LogP contribution in [-0.2, 0) is 16.0 Å². The van der Waals surface area contributed by atoms with Gasteiger partial charge in [0.05, 0.1) is 5.92 Å². The molecule has 1 aromatic rings. The number of fused-ring (bicyclic) bond motifs is 1. The van der Waals surface area contributed by atoms with Gasteiger partial charge in [-0.05, 0) is 24.1 Å². The van der Waals surface area contributed by atoms with Crippen LogP contribution in [0.25, 0.3) is 0 Å². The number of hydrogen-bond acceptors (Lipinski definition) is 3. The molecule has 5 heteroatoms. The summed E-state index contributed by atoms with van der Waals surface area (Å²) < 4.78 is 0. The minimum Gasteiger partial charge on any atom is -0.481 e. The lowest BCUT2D eigenvalue weighted by Crippen LogP contribution is -2.25. The third kappa shape index (κ3) is 1.91. The quantitative estimate of drug-likeness (QED) is 0.867. The number of aliphatic carboxylic acids is 1. The molecule has 98 valence electrons. The summed E-state index contributed by atoms with van der Waals surface area (Å²) in [5.41, 5.74) is 2.31. The monoisotopic (exact) mass is 259 g/mol. The van der Waals surface area contributed by atoms with E-state index in [0.717, 1.165) is 12.0 Å². The molecule has 1 atom stereocenters. The number of Topliss-reactive ketones (excluding diaryl/α,β-unsaturated/α-hetero) is 1. The number of carbonyl (C=O) groups excluding carboxylic acids is 2. The Hall–Kier alpha value is -2.17. The van der Waals surface area contributed by atoms with Gasteiger partial charge in [0.15, 0.2) is 5.78 Å². The Morgan fingerprint density at radius 1 is 1.26 bits per heavy atom. The van der Waals surface area contributed by atoms with Crippen molar-refractivity contribution < 1.29 is 19.5 Å². The number of carbonyl (C=O) groups is 3. The number of carboxylic acid groups (broad SMARTS) is 1. The largest absolute Gasteiger partial charge is 0.481 e. The fourth-order valence-electron chi connectivity index (χ4n) is 2.72. The summed E-state index contributed by atoms with van der Waals surface area (Å²) >= 11 is 0. The van der Waals surface area contributed by atoms with Crippen LogP contribution in [0.1, 0.15) is 28.8 Å². The minimum absolute atomic E-state index is 0.0281. The molecule has 1 aliphatic carbocycles. The summed E-state index contributed by atoms with van der Waals surface area (Å²) in [4.78, 5) is 35.9. The van der Waals surface area contributed by atoms with Gasteiger partial charge in [0.1, 0.15) is 0 Å². The lowest BCUT2D eigenvalue weighted by Gasteiger charge is -2.17. The van der Waals surface area contributed by atoms with Crippen molar-refractivity contribution in [3.05, 3.63) is 29.3 Å². The molecule has 1 fully saturated rings. The van der Waals surface area contributed by atoms with Gasteiger partial charge >= 0.3 is 5.97 Å². The van der Waals surface area contributed by atoms with Crippen LogP contribution in [0.2, 0.25) is 0 Å². The predicted octanol–water partition coefficient (Wildman–Crippen LogP) is 1.25. The molecule has 0 spiro atoms. The molecule has 1 N–H and O–H groups in total. The molecule has 3 rings (SSSR count). The van der Waals surface area contributed by atoms with Gasteiger partial charge in [0.2, 0.25) is 5.91 Å². The van der Waals surface area contributed by atoms with Crippen LogP contribution in [0, 0.1) is 5.92 Å². The van der Waals surface area contributed by atoms with Gasteiger partial charge < -0.3 is 10.0 Å². The van der Waals surface area contributed by atoms with E-state index in [2.05, 4.69) is 0 Å². The van der Waals surface area contributed by atoms with E-state index >= 15 is 0 Å². The van der Waals surface area contributed by atoms with Crippen LogP contribution in [0.3, 0.4) is 0 Å². The predicted molar refractivity (Wildman–Crippen MR) is 67.2 cm³/mol. The van der Waals surface area contributed by atoms with E-state index in [1.807, 2.05) is 6.07 Å². The summed E-state index contributed by atoms with van der Waals surface area (Å²) in [6, 6.07) is 5.36. The fraction of sp³-hybridized carbons (Fsp3) is 0.357. The van der Waals surface area contributed by atoms with Crippen molar-refractivity contribution in [2.45, 2.75) is 19.3 Å². The second kappa shape index (κ2) is 4.19. The number of aryl methyl sites for hydroxylation is 1. The molecule has 1 heterocycles. The highest BCUT2D eigenvalue weighted by atomic mass is 16.4. The number of ketones is 1. The van der Waals surface area contributed by atoms with Crippen molar-refractivity contribution >= 4 is 23.3 Å². The Balaban J connectivity index is 1.91. The molecule has 1 unspecified atom stereocenters. The van der Waals surface area contributed by atoms with Crippen molar-refractivity contribution in [3.8, 4) is 0 Å². The van der Waals surface area contributed by atoms with Crippen molar-refractivity contribution in [1.82, 2.24) is 0 Å². The highest BCUT2D eigenvalue weighted by Gasteiger charge is 2.35. The van der Waals surface area contributed by atoms with Crippen molar-refractivity contribution in [3.63, 3.8) is 0 Å². The average molecular weight is 259 g/mol. The van der Waals surface area contributed by atoms with Gasteiger partial charge in [-0.3, -0.25) is 14.4 Å². The SMILES string of the molecule is O=C1CCc2ccc(N3CC(C(=O)O)CC3=O)cc21. The Bertz CT molecular complexity index is 593. The third-order valence-corrected chi connectivity index (χ3v) is 3.80. The summed E-state index contributed by atoms with van der Waals surface area (Å²) in [7, 11) is 0. The maximum absolute atomic E-state index is 11.8. The Morgan fingerprint density at radius 3 is 2.74 bits per heavy atom. The zero-order chi connectivity index (χ0) is 13.6. The number of benzene rings is 1. The first-order valence-corrected chi connectivity index (χ1v) is 6.25. The van der Waals surface area contributed by atoms with Crippen LogP contribution in [0.4, 0.5) is 5.69 Å². The first-order valence-electron chi connectivity index (χ1n) is 6.25. The first kappa shape index (κ1) is 11.9. The molecule has 1 amide bonds. The molecule has 0 bridgehead atoms. The van der Waals surface area contributed by atoms with Crippen molar-refractivity contribution in [2.75, 3.05) is 11.4 Å². The maximum atomic E-state index is 11.8. The van der Waals surface area contributed by atoms with E-state index in [1.54, 1.807) is 12.1 Å². The number of anilines is 1. The normalized spacial score (nSPS) is 21.9. The van der Waals surface area contributed by atoms with Crippen LogP contribution in [0.15, 0.2) is 18.2 Å². The Kier molecular flexibility index (Phi) is 2.62. The summed E-state index contributed by atoms with van der Waals surface area (Å²) in [6.07, 6.45) is 1.30. The smallest absolute Gasteiger partial charge is 0.308 e. The first-order chi connectivity index (χ1) is 9.06. The summed E-state index contributed by atoms with van der Waals surface area (Å²) in [5.74, 6) is -1.71. The third-order valence-electron chi connectivity index (χ3n) is 3.80. The second-order valence-corrected chi connectivity index (χ2v) is 5.01. The van der Waals surface area contributed by atoms with Gasteiger partial charge in [-0.25, -0.2) is 0 Å². The molecule has 0 saturated carbocycles. The van der Waals surface area contributed by atoms with Crippen LogP contribution in [0.5, 0.6) is 0 Å². The van der Waals surface area contributed by atoms with E-state index < -0.39 is 11.9 Å². The number of carboxylic acids is 1. The zero-order valence-electron chi connectivity index (χ0n) is 10.3. The molecule has 19 heavy (non-hydrogen) atoms. The van der Waals surface area contributed by atoms with E-state index in [1.165, 1.54) is 4.90 Å². The second-order valence-electron chi connectivity index (χ2n) is 5.01. The fourth-order valence-corrected chi connectivity index (χ4v) is 2.72. The lowest BCUT2D eigenvalue weighted by atomic mass is 10.1.